The minimum absolute atomic E-state index is 0.0517. The van der Waals surface area contributed by atoms with E-state index in [1.807, 2.05) is 25.5 Å². The smallest absolute Gasteiger partial charge is 0.314 e. The fourth-order valence-electron chi connectivity index (χ4n) is 4.50. The number of nitrogens with one attached hydrogen (secondary N) is 2. The van der Waals surface area contributed by atoms with Gasteiger partial charge in [-0.15, -0.1) is 0 Å². The summed E-state index contributed by atoms with van der Waals surface area (Å²) in [6, 6.07) is 0.0517. The molecule has 0 radical (unpaired) electrons. The zero-order valence-electron chi connectivity index (χ0n) is 17.3. The van der Waals surface area contributed by atoms with Gasteiger partial charge in [0.25, 0.3) is 0 Å². The number of anilines is 1. The van der Waals surface area contributed by atoms with E-state index in [9.17, 15) is 9.59 Å². The quantitative estimate of drug-likeness (QED) is 0.753. The minimum atomic E-state index is -0.601. The number of rotatable bonds is 2. The first-order valence-corrected chi connectivity index (χ1v) is 10.9. The Labute approximate surface area is 166 Å². The van der Waals surface area contributed by atoms with Crippen molar-refractivity contribution in [2.75, 3.05) is 5.32 Å². The average Bonchev–Trinajstić information content (AvgIpc) is 3.06. The molecule has 0 spiro atoms. The van der Waals surface area contributed by atoms with Gasteiger partial charge in [-0.05, 0) is 51.4 Å². The lowest BCUT2D eigenvalue weighted by molar-refractivity contribution is -0.137. The molecule has 0 saturated heterocycles. The maximum atomic E-state index is 12.6. The van der Waals surface area contributed by atoms with E-state index in [1.165, 1.54) is 0 Å². The molecule has 1 aromatic heterocycles. The van der Waals surface area contributed by atoms with Crippen LogP contribution >= 0.6 is 11.8 Å². The molecule has 150 valence electrons. The molecule has 3 rings (SSSR count). The van der Waals surface area contributed by atoms with Gasteiger partial charge < -0.3 is 10.6 Å². The molecule has 2 N–H and O–H groups in total. The molecule has 1 fully saturated rings. The molecule has 0 unspecified atom stereocenters. The van der Waals surface area contributed by atoms with Crippen LogP contribution in [0.15, 0.2) is 0 Å². The van der Waals surface area contributed by atoms with Crippen LogP contribution in [-0.4, -0.2) is 27.6 Å². The second kappa shape index (κ2) is 7.15. The number of fused-ring (bicyclic) bond motifs is 1. The summed E-state index contributed by atoms with van der Waals surface area (Å²) in [5.74, 6) is 1.73. The van der Waals surface area contributed by atoms with Gasteiger partial charge in [0.2, 0.25) is 0 Å². The van der Waals surface area contributed by atoms with Crippen LogP contribution < -0.4 is 10.6 Å². The zero-order valence-corrected chi connectivity index (χ0v) is 18.1. The van der Waals surface area contributed by atoms with Gasteiger partial charge in [0, 0.05) is 23.1 Å². The zero-order chi connectivity index (χ0) is 20.0. The minimum Gasteiger partial charge on any atom is -0.345 e. The van der Waals surface area contributed by atoms with E-state index in [0.29, 0.717) is 11.7 Å². The Balaban J connectivity index is 1.72. The largest absolute Gasteiger partial charge is 0.345 e. The molecule has 2 aliphatic rings. The molecule has 0 bridgehead atoms. The van der Waals surface area contributed by atoms with Crippen molar-refractivity contribution in [3.8, 4) is 0 Å². The monoisotopic (exact) mass is 392 g/mol. The number of amides is 2. The van der Waals surface area contributed by atoms with E-state index < -0.39 is 11.8 Å². The number of carbonyl (C=O) groups excluding carboxylic acids is 2. The Morgan fingerprint density at radius 1 is 1.19 bits per heavy atom. The number of hydrogen-bond donors (Lipinski definition) is 2. The third-order valence-corrected chi connectivity index (χ3v) is 6.32. The van der Waals surface area contributed by atoms with Gasteiger partial charge in [-0.25, -0.2) is 4.68 Å². The molecule has 1 saturated carbocycles. The lowest BCUT2D eigenvalue weighted by Gasteiger charge is -2.39. The summed E-state index contributed by atoms with van der Waals surface area (Å²) in [4.78, 5) is 25.2. The Morgan fingerprint density at radius 2 is 1.89 bits per heavy atom. The fraction of sp³-hybridized carbons (Fsp3) is 0.750. The second-order valence-corrected chi connectivity index (χ2v) is 10.9. The first-order chi connectivity index (χ1) is 12.5. The number of thioether (sulfide) groups is 1. The van der Waals surface area contributed by atoms with Gasteiger partial charge in [-0.2, -0.15) is 16.9 Å². The highest BCUT2D eigenvalue weighted by atomic mass is 32.2. The molecule has 0 aromatic carbocycles. The highest BCUT2D eigenvalue weighted by molar-refractivity contribution is 7.98. The van der Waals surface area contributed by atoms with E-state index in [1.54, 1.807) is 11.8 Å². The maximum absolute atomic E-state index is 12.6. The molecule has 1 aromatic rings. The first-order valence-electron chi connectivity index (χ1n) is 9.77. The van der Waals surface area contributed by atoms with Gasteiger partial charge in [0.1, 0.15) is 5.82 Å². The molecule has 2 amide bonds. The van der Waals surface area contributed by atoms with Crippen LogP contribution in [0.25, 0.3) is 0 Å². The first kappa shape index (κ1) is 20.2. The fourth-order valence-corrected chi connectivity index (χ4v) is 5.53. The number of aromatic nitrogens is 2. The molecule has 6 nitrogen and oxygen atoms in total. The Morgan fingerprint density at radius 3 is 2.52 bits per heavy atom. The topological polar surface area (TPSA) is 76.0 Å². The van der Waals surface area contributed by atoms with Crippen LogP contribution in [0.2, 0.25) is 0 Å². The third-order valence-electron chi connectivity index (χ3n) is 5.35. The summed E-state index contributed by atoms with van der Waals surface area (Å²) in [5, 5.41) is 10.5. The van der Waals surface area contributed by atoms with E-state index in [-0.39, 0.29) is 17.0 Å². The second-order valence-electron chi connectivity index (χ2n) is 9.89. The summed E-state index contributed by atoms with van der Waals surface area (Å²) in [6.45, 7) is 12.8. The third kappa shape index (κ3) is 4.50. The van der Waals surface area contributed by atoms with E-state index in [4.69, 9.17) is 0 Å². The van der Waals surface area contributed by atoms with Crippen molar-refractivity contribution >= 4 is 29.4 Å². The Hall–Kier alpha value is -1.50. The predicted octanol–water partition coefficient (Wildman–Crippen LogP) is 3.65. The lowest BCUT2D eigenvalue weighted by Crippen LogP contribution is -2.47. The maximum Gasteiger partial charge on any atom is 0.314 e. The molecule has 2 atom stereocenters. The van der Waals surface area contributed by atoms with Gasteiger partial charge >= 0.3 is 11.8 Å². The van der Waals surface area contributed by atoms with Crippen LogP contribution in [-0.2, 0) is 26.6 Å². The molecule has 27 heavy (non-hydrogen) atoms. The Bertz CT molecular complexity index is 748. The summed E-state index contributed by atoms with van der Waals surface area (Å²) in [6.07, 6.45) is 2.98. The van der Waals surface area contributed by atoms with Crippen molar-refractivity contribution in [3.05, 3.63) is 11.3 Å². The van der Waals surface area contributed by atoms with Crippen molar-refractivity contribution in [1.29, 1.82) is 0 Å². The van der Waals surface area contributed by atoms with E-state index >= 15 is 0 Å². The van der Waals surface area contributed by atoms with Crippen molar-refractivity contribution < 1.29 is 9.59 Å². The van der Waals surface area contributed by atoms with Gasteiger partial charge in [-0.3, -0.25) is 9.59 Å². The molecular weight excluding hydrogens is 360 g/mol. The SMILES string of the molecule is C[C@@H]1C[C@H](NC(=O)C(=O)Nc2c3c(nn2C(C)(C)C)CSC3)CC(C)(C)C1. The molecule has 1 aliphatic carbocycles. The van der Waals surface area contributed by atoms with Crippen LogP contribution in [0.5, 0.6) is 0 Å². The summed E-state index contributed by atoms with van der Waals surface area (Å²) in [7, 11) is 0. The predicted molar refractivity (Wildman–Crippen MR) is 110 cm³/mol. The molecule has 7 heteroatoms. The highest BCUT2D eigenvalue weighted by Gasteiger charge is 2.34. The van der Waals surface area contributed by atoms with Gasteiger partial charge in [0.15, 0.2) is 0 Å². The molecule has 2 heterocycles. The standard InChI is InChI=1S/C20H32N4O2S/c1-12-7-13(9-20(5,6)8-12)21-17(25)18(26)22-16-14-10-27-11-15(14)23-24(16)19(2,3)4/h12-13H,7-11H2,1-6H3,(H,21,25)(H,22,26)/t12-,13+/m1/s1. The van der Waals surface area contributed by atoms with Gasteiger partial charge in [-0.1, -0.05) is 20.8 Å². The summed E-state index contributed by atoms with van der Waals surface area (Å²) >= 11 is 1.78. The van der Waals surface area contributed by atoms with E-state index in [2.05, 4.69) is 36.5 Å². The van der Waals surface area contributed by atoms with Crippen LogP contribution in [0.3, 0.4) is 0 Å². The average molecular weight is 393 g/mol. The Kier molecular flexibility index (Phi) is 5.36. The molecular formula is C20H32N4O2S. The number of hydrogen-bond acceptors (Lipinski definition) is 4. The summed E-state index contributed by atoms with van der Waals surface area (Å²) < 4.78 is 1.84. The molecule has 1 aliphatic heterocycles. The van der Waals surface area contributed by atoms with Crippen molar-refractivity contribution in [3.63, 3.8) is 0 Å². The highest BCUT2D eigenvalue weighted by Crippen LogP contribution is 2.39. The van der Waals surface area contributed by atoms with Crippen molar-refractivity contribution in [2.24, 2.45) is 11.3 Å². The number of nitrogens with zero attached hydrogens (tertiary/aromatic N) is 2. The van der Waals surface area contributed by atoms with Crippen molar-refractivity contribution in [2.45, 2.75) is 83.9 Å². The lowest BCUT2D eigenvalue weighted by atomic mass is 9.70. The van der Waals surface area contributed by atoms with Crippen LogP contribution in [0.1, 0.15) is 72.1 Å². The summed E-state index contributed by atoms with van der Waals surface area (Å²) in [5.41, 5.74) is 1.98. The van der Waals surface area contributed by atoms with E-state index in [0.717, 1.165) is 42.0 Å². The number of carbonyl (C=O) groups is 2. The van der Waals surface area contributed by atoms with Crippen LogP contribution in [0.4, 0.5) is 5.82 Å². The normalized spacial score (nSPS) is 24.4. The van der Waals surface area contributed by atoms with Crippen molar-refractivity contribution in [1.82, 2.24) is 15.1 Å². The van der Waals surface area contributed by atoms with Gasteiger partial charge in [0.05, 0.1) is 11.2 Å². The van der Waals surface area contributed by atoms with Crippen LogP contribution in [0, 0.1) is 11.3 Å².